The second-order valence-electron chi connectivity index (χ2n) is 8.39. The second kappa shape index (κ2) is 10.9. The van der Waals surface area contributed by atoms with E-state index in [0.717, 1.165) is 4.68 Å². The van der Waals surface area contributed by atoms with Crippen LogP contribution in [0.25, 0.3) is 11.3 Å². The minimum atomic E-state index is -5.04. The molecule has 0 saturated carbocycles. The Morgan fingerprint density at radius 2 is 1.50 bits per heavy atom. The van der Waals surface area contributed by atoms with Crippen LogP contribution in [0.15, 0.2) is 77.9 Å². The Morgan fingerprint density at radius 1 is 0.925 bits per heavy atom. The van der Waals surface area contributed by atoms with Crippen molar-refractivity contribution in [2.24, 2.45) is 10.9 Å². The quantitative estimate of drug-likeness (QED) is 0.0888. The van der Waals surface area contributed by atoms with Crippen molar-refractivity contribution in [3.05, 3.63) is 106 Å². The van der Waals surface area contributed by atoms with Gasteiger partial charge in [-0.25, -0.2) is 4.68 Å². The van der Waals surface area contributed by atoms with Crippen LogP contribution < -0.4 is 5.84 Å². The molecular weight excluding hydrogens is 562 g/mol. The number of rotatable bonds is 7. The summed E-state index contributed by atoms with van der Waals surface area (Å²) in [6, 6.07) is 15.1. The smallest absolute Gasteiger partial charge is 0.323 e. The van der Waals surface area contributed by atoms with E-state index in [4.69, 9.17) is 22.9 Å². The number of nitrogens with one attached hydrogen (secondary N) is 1. The van der Waals surface area contributed by atoms with E-state index >= 15 is 0 Å². The van der Waals surface area contributed by atoms with E-state index in [1.807, 2.05) is 0 Å². The van der Waals surface area contributed by atoms with E-state index in [2.05, 4.69) is 15.4 Å². The molecule has 206 valence electrons. The highest BCUT2D eigenvalue weighted by Gasteiger charge is 2.37. The van der Waals surface area contributed by atoms with E-state index < -0.39 is 47.2 Å². The Hall–Kier alpha value is -4.52. The summed E-state index contributed by atoms with van der Waals surface area (Å²) in [7, 11) is 0. The number of nitrogens with two attached hydrogens (primary N) is 1. The molecule has 0 atom stereocenters. The number of hydrazone groups is 1. The molecule has 0 amide bonds. The molecule has 0 fully saturated rings. The normalized spacial score (nSPS) is 12.4. The summed E-state index contributed by atoms with van der Waals surface area (Å²) in [6.07, 6.45) is -10.1. The first-order chi connectivity index (χ1) is 18.8. The largest absolute Gasteiger partial charge is 0.416 e. The van der Waals surface area contributed by atoms with Crippen LogP contribution in [0.4, 0.5) is 26.3 Å². The Bertz CT molecular complexity index is 1580. The van der Waals surface area contributed by atoms with Gasteiger partial charge in [0.25, 0.3) is 0 Å². The van der Waals surface area contributed by atoms with E-state index in [9.17, 15) is 31.1 Å². The van der Waals surface area contributed by atoms with Gasteiger partial charge in [0, 0.05) is 11.1 Å². The molecule has 0 aliphatic rings. The average molecular weight is 579 g/mol. The van der Waals surface area contributed by atoms with Gasteiger partial charge >= 0.3 is 12.4 Å². The number of hydrogen-bond acceptors (Lipinski definition) is 6. The molecule has 4 aromatic rings. The van der Waals surface area contributed by atoms with E-state index in [1.165, 1.54) is 18.2 Å². The number of benzene rings is 3. The lowest BCUT2D eigenvalue weighted by molar-refractivity contribution is -0.143. The van der Waals surface area contributed by atoms with Gasteiger partial charge in [0.15, 0.2) is 0 Å². The molecule has 0 bridgehead atoms. The fourth-order valence-corrected chi connectivity index (χ4v) is 4.10. The van der Waals surface area contributed by atoms with Gasteiger partial charge in [-0.3, -0.25) is 10.2 Å². The molecule has 1 heterocycles. The molecular formula is C26H17ClF6N6O. The van der Waals surface area contributed by atoms with Crippen molar-refractivity contribution in [1.82, 2.24) is 15.0 Å². The summed E-state index contributed by atoms with van der Waals surface area (Å²) in [5.41, 5.74) is -4.28. The number of carbonyl (C=O) groups is 1. The fraction of sp³-hybridized carbons (Fsp3) is 0.115. The van der Waals surface area contributed by atoms with Gasteiger partial charge in [0.05, 0.1) is 28.4 Å². The molecule has 0 unspecified atom stereocenters. The van der Waals surface area contributed by atoms with Gasteiger partial charge in [-0.2, -0.15) is 31.4 Å². The van der Waals surface area contributed by atoms with Crippen LogP contribution in [0.1, 0.15) is 32.7 Å². The van der Waals surface area contributed by atoms with Crippen LogP contribution >= 0.6 is 11.6 Å². The van der Waals surface area contributed by atoms with Crippen molar-refractivity contribution < 1.29 is 31.1 Å². The predicted octanol–water partition coefficient (Wildman–Crippen LogP) is 6.25. The monoisotopic (exact) mass is 578 g/mol. The molecule has 3 aromatic carbocycles. The van der Waals surface area contributed by atoms with Gasteiger partial charge < -0.3 is 5.84 Å². The highest BCUT2D eigenvalue weighted by Crippen LogP contribution is 2.37. The molecule has 0 aliphatic heterocycles. The number of ketones is 1. The van der Waals surface area contributed by atoms with Crippen molar-refractivity contribution >= 4 is 28.8 Å². The Labute approximate surface area is 227 Å². The number of halogens is 7. The lowest BCUT2D eigenvalue weighted by atomic mass is 9.98. The number of nitrogens with zero attached hydrogens (tertiary/aromatic N) is 4. The molecule has 0 spiro atoms. The topological polar surface area (TPSA) is 110 Å². The summed E-state index contributed by atoms with van der Waals surface area (Å²) in [5, 5.41) is 19.9. The molecule has 0 radical (unpaired) electrons. The zero-order valence-electron chi connectivity index (χ0n) is 20.1. The average Bonchev–Trinajstić information content (AvgIpc) is 3.31. The van der Waals surface area contributed by atoms with Crippen LogP contribution in [0, 0.1) is 5.41 Å². The minimum absolute atomic E-state index is 0.0207. The van der Waals surface area contributed by atoms with E-state index in [-0.39, 0.29) is 33.6 Å². The second-order valence-corrected chi connectivity index (χ2v) is 8.79. The molecule has 4 rings (SSSR count). The molecule has 40 heavy (non-hydrogen) atoms. The van der Waals surface area contributed by atoms with Crippen molar-refractivity contribution in [2.75, 3.05) is 0 Å². The summed E-state index contributed by atoms with van der Waals surface area (Å²) in [4.78, 5) is 13.0. The number of Topliss-reactive ketones (excluding diaryl/α,β-unsaturated/α-hetero) is 1. The standard InChI is InChI=1S/C26H17ClF6N6O/c27-19-9-5-4-8-18(19)24(40)20(34)21(36-35)22-23(15-6-2-1-3-7-15)39(38-37-22)13-14-10-16(25(28,29)30)12-17(11-14)26(31,32)33/h1-12,34H,13,35H2. The summed E-state index contributed by atoms with van der Waals surface area (Å²) in [6.45, 7) is -0.576. The Morgan fingerprint density at radius 3 is 2.05 bits per heavy atom. The van der Waals surface area contributed by atoms with E-state index in [0.29, 0.717) is 17.7 Å². The van der Waals surface area contributed by atoms with Crippen LogP contribution in [0.2, 0.25) is 5.02 Å². The summed E-state index contributed by atoms with van der Waals surface area (Å²) >= 11 is 6.09. The number of aromatic nitrogens is 3. The predicted molar refractivity (Wildman–Crippen MR) is 135 cm³/mol. The van der Waals surface area contributed by atoms with E-state index in [1.54, 1.807) is 36.4 Å². The van der Waals surface area contributed by atoms with Crippen LogP contribution in [0.3, 0.4) is 0 Å². The van der Waals surface area contributed by atoms with Crippen LogP contribution in [-0.2, 0) is 18.9 Å². The third-order valence-electron chi connectivity index (χ3n) is 5.70. The van der Waals surface area contributed by atoms with Crippen LogP contribution in [-0.4, -0.2) is 32.2 Å². The first-order valence-corrected chi connectivity index (χ1v) is 11.6. The van der Waals surface area contributed by atoms with Gasteiger partial charge in [-0.05, 0) is 35.9 Å². The van der Waals surface area contributed by atoms with Gasteiger partial charge in [-0.15, -0.1) is 5.10 Å². The first kappa shape index (κ1) is 28.5. The van der Waals surface area contributed by atoms with Crippen molar-refractivity contribution in [3.63, 3.8) is 0 Å². The number of carbonyl (C=O) groups excluding carboxylic acids is 1. The number of hydrogen-bond donors (Lipinski definition) is 2. The molecule has 1 aromatic heterocycles. The van der Waals surface area contributed by atoms with Crippen molar-refractivity contribution in [1.29, 1.82) is 5.41 Å². The highest BCUT2D eigenvalue weighted by molar-refractivity contribution is 6.72. The molecule has 0 aliphatic carbocycles. The van der Waals surface area contributed by atoms with Crippen molar-refractivity contribution in [3.8, 4) is 11.3 Å². The van der Waals surface area contributed by atoms with Crippen molar-refractivity contribution in [2.45, 2.75) is 18.9 Å². The van der Waals surface area contributed by atoms with Gasteiger partial charge in [0.1, 0.15) is 17.1 Å². The molecule has 0 saturated heterocycles. The third kappa shape index (κ3) is 5.88. The maximum absolute atomic E-state index is 13.4. The third-order valence-corrected chi connectivity index (χ3v) is 6.03. The summed E-state index contributed by atoms with van der Waals surface area (Å²) in [5.74, 6) is 4.69. The fourth-order valence-electron chi connectivity index (χ4n) is 3.88. The SMILES string of the molecule is N=C(C(=O)c1ccccc1Cl)C(=NN)c1nnn(Cc2cc(C(F)(F)F)cc(C(F)(F)F)c2)c1-c1ccccc1. The van der Waals surface area contributed by atoms with Crippen LogP contribution in [0.5, 0.6) is 0 Å². The lowest BCUT2D eigenvalue weighted by Crippen LogP contribution is -2.27. The zero-order chi connectivity index (χ0) is 29.2. The maximum Gasteiger partial charge on any atom is 0.416 e. The maximum atomic E-state index is 13.4. The lowest BCUT2D eigenvalue weighted by Gasteiger charge is -2.15. The van der Waals surface area contributed by atoms with Gasteiger partial charge in [-0.1, -0.05) is 59.3 Å². The molecule has 3 N–H and O–H groups in total. The highest BCUT2D eigenvalue weighted by atomic mass is 35.5. The van der Waals surface area contributed by atoms with Gasteiger partial charge in [0.2, 0.25) is 5.78 Å². The number of alkyl halides is 6. The zero-order valence-corrected chi connectivity index (χ0v) is 20.8. The summed E-state index contributed by atoms with van der Waals surface area (Å²) < 4.78 is 81.5. The molecule has 7 nitrogen and oxygen atoms in total. The first-order valence-electron chi connectivity index (χ1n) is 11.2. The molecule has 14 heteroatoms. The minimum Gasteiger partial charge on any atom is -0.323 e. The Kier molecular flexibility index (Phi) is 7.78. The Balaban J connectivity index is 1.84.